The van der Waals surface area contributed by atoms with Gasteiger partial charge in [-0.25, -0.2) is 9.97 Å². The molecule has 1 saturated heterocycles. The Bertz CT molecular complexity index is 896. The summed E-state index contributed by atoms with van der Waals surface area (Å²) in [5.74, 6) is 1.42. The summed E-state index contributed by atoms with van der Waals surface area (Å²) in [5.41, 5.74) is 1.74. The normalized spacial score (nSPS) is 17.5. The van der Waals surface area contributed by atoms with E-state index in [0.717, 1.165) is 29.4 Å². The highest BCUT2D eigenvalue weighted by Gasteiger charge is 2.29. The molecular weight excluding hydrogens is 302 g/mol. The number of amides is 1. The van der Waals surface area contributed by atoms with Crippen LogP contribution in [0, 0.1) is 0 Å². The minimum absolute atomic E-state index is 0.100. The quantitative estimate of drug-likeness (QED) is 0.802. The molecule has 0 spiro atoms. The van der Waals surface area contributed by atoms with Gasteiger partial charge in [-0.3, -0.25) is 9.78 Å². The molecule has 1 fully saturated rings. The van der Waals surface area contributed by atoms with Gasteiger partial charge in [-0.1, -0.05) is 12.1 Å². The molecular formula is C18H17N5O. The largest absolute Gasteiger partial charge is 0.358 e. The van der Waals surface area contributed by atoms with Crippen LogP contribution in [0.25, 0.3) is 22.3 Å². The maximum absolute atomic E-state index is 12.2. The second-order valence-electron chi connectivity index (χ2n) is 5.89. The van der Waals surface area contributed by atoms with E-state index in [4.69, 9.17) is 0 Å². The molecule has 24 heavy (non-hydrogen) atoms. The number of nitrogens with one attached hydrogen (secondary N) is 1. The number of hydrogen-bond donors (Lipinski definition) is 1. The number of rotatable bonds is 3. The number of likely N-dealkylation sites (N-methyl/N-ethyl adjacent to an activating group) is 1. The van der Waals surface area contributed by atoms with Gasteiger partial charge in [0.05, 0.1) is 5.52 Å². The van der Waals surface area contributed by atoms with Gasteiger partial charge in [0.25, 0.3) is 0 Å². The lowest BCUT2D eigenvalue weighted by molar-refractivity contribution is -0.127. The van der Waals surface area contributed by atoms with Crippen LogP contribution in [-0.4, -0.2) is 45.4 Å². The Balaban J connectivity index is 1.80. The zero-order valence-electron chi connectivity index (χ0n) is 13.3. The Hall–Kier alpha value is -3.02. The van der Waals surface area contributed by atoms with Gasteiger partial charge in [0.2, 0.25) is 5.91 Å². The fourth-order valence-electron chi connectivity index (χ4n) is 2.94. The number of nitrogens with zero attached hydrogens (tertiary/aromatic N) is 4. The summed E-state index contributed by atoms with van der Waals surface area (Å²) >= 11 is 0. The average molecular weight is 319 g/mol. The number of para-hydroxylation sites is 1. The molecule has 0 aliphatic carbocycles. The molecule has 120 valence electrons. The molecule has 1 unspecified atom stereocenters. The molecule has 1 atom stereocenters. The third kappa shape index (κ3) is 2.56. The van der Waals surface area contributed by atoms with E-state index in [9.17, 15) is 4.79 Å². The highest BCUT2D eigenvalue weighted by molar-refractivity contribution is 5.93. The molecule has 1 amide bonds. The van der Waals surface area contributed by atoms with E-state index in [0.29, 0.717) is 11.6 Å². The molecule has 2 aromatic heterocycles. The van der Waals surface area contributed by atoms with E-state index in [1.54, 1.807) is 17.3 Å². The van der Waals surface area contributed by atoms with Gasteiger partial charge in [0, 0.05) is 36.9 Å². The molecule has 4 rings (SSSR count). The Kier molecular flexibility index (Phi) is 3.57. The van der Waals surface area contributed by atoms with Crippen LogP contribution in [0.15, 0.2) is 48.8 Å². The van der Waals surface area contributed by atoms with Crippen LogP contribution in [-0.2, 0) is 4.79 Å². The Morgan fingerprint density at radius 1 is 1.12 bits per heavy atom. The summed E-state index contributed by atoms with van der Waals surface area (Å²) in [6, 6.07) is 11.3. The van der Waals surface area contributed by atoms with Crippen molar-refractivity contribution in [2.45, 2.75) is 12.5 Å². The van der Waals surface area contributed by atoms with Crippen LogP contribution in [0.2, 0.25) is 0 Å². The number of fused-ring (bicyclic) bond motifs is 1. The van der Waals surface area contributed by atoms with E-state index in [1.165, 1.54) is 0 Å². The van der Waals surface area contributed by atoms with Gasteiger partial charge < -0.3 is 10.2 Å². The van der Waals surface area contributed by atoms with Crippen molar-refractivity contribution in [3.8, 4) is 11.4 Å². The van der Waals surface area contributed by atoms with E-state index < -0.39 is 0 Å². The lowest BCUT2D eigenvalue weighted by Crippen LogP contribution is -2.31. The molecule has 0 radical (unpaired) electrons. The second kappa shape index (κ2) is 5.88. The second-order valence-corrected chi connectivity index (χ2v) is 5.89. The lowest BCUT2D eigenvalue weighted by atomic mass is 10.2. The third-order valence-electron chi connectivity index (χ3n) is 4.28. The Morgan fingerprint density at radius 3 is 2.67 bits per heavy atom. The predicted octanol–water partition coefficient (Wildman–Crippen LogP) is 2.33. The predicted molar refractivity (Wildman–Crippen MR) is 92.4 cm³/mol. The molecule has 6 nitrogen and oxygen atoms in total. The molecule has 1 N–H and O–H groups in total. The molecule has 1 aliphatic heterocycles. The summed E-state index contributed by atoms with van der Waals surface area (Å²) in [4.78, 5) is 27.3. The zero-order chi connectivity index (χ0) is 16.5. The number of hydrogen-bond acceptors (Lipinski definition) is 5. The number of benzene rings is 1. The summed E-state index contributed by atoms with van der Waals surface area (Å²) in [5, 5.41) is 4.23. The molecule has 6 heteroatoms. The van der Waals surface area contributed by atoms with Crippen LogP contribution >= 0.6 is 0 Å². The van der Waals surface area contributed by atoms with E-state index >= 15 is 0 Å². The van der Waals surface area contributed by atoms with Gasteiger partial charge in [-0.15, -0.1) is 0 Å². The first-order valence-electron chi connectivity index (χ1n) is 7.91. The molecule has 3 heterocycles. The number of carbonyl (C=O) groups excluding carboxylic acids is 1. The topological polar surface area (TPSA) is 71.0 Å². The van der Waals surface area contributed by atoms with Crippen LogP contribution in [0.5, 0.6) is 0 Å². The number of anilines is 1. The van der Waals surface area contributed by atoms with Gasteiger partial charge in [-0.2, -0.15) is 0 Å². The summed E-state index contributed by atoms with van der Waals surface area (Å²) in [6.07, 6.45) is 4.21. The Morgan fingerprint density at radius 2 is 1.92 bits per heavy atom. The molecule has 1 aromatic carbocycles. The van der Waals surface area contributed by atoms with E-state index in [2.05, 4.69) is 20.3 Å². The average Bonchev–Trinajstić information content (AvgIpc) is 2.94. The molecule has 1 aliphatic rings. The van der Waals surface area contributed by atoms with E-state index in [1.807, 2.05) is 43.4 Å². The molecule has 0 saturated carbocycles. The fourth-order valence-corrected chi connectivity index (χ4v) is 2.94. The number of carbonyl (C=O) groups is 1. The van der Waals surface area contributed by atoms with Crippen molar-refractivity contribution in [1.29, 1.82) is 0 Å². The highest BCUT2D eigenvalue weighted by atomic mass is 16.2. The monoisotopic (exact) mass is 319 g/mol. The van der Waals surface area contributed by atoms with Gasteiger partial charge in [0.1, 0.15) is 11.9 Å². The minimum atomic E-state index is -0.237. The van der Waals surface area contributed by atoms with Gasteiger partial charge in [-0.05, 0) is 30.7 Å². The first kappa shape index (κ1) is 14.6. The van der Waals surface area contributed by atoms with Crippen molar-refractivity contribution in [3.05, 3.63) is 48.8 Å². The van der Waals surface area contributed by atoms with Crippen LogP contribution in [0.1, 0.15) is 6.42 Å². The molecule has 3 aromatic rings. The smallest absolute Gasteiger partial charge is 0.244 e. The summed E-state index contributed by atoms with van der Waals surface area (Å²) in [7, 11) is 1.82. The van der Waals surface area contributed by atoms with Crippen molar-refractivity contribution in [1.82, 2.24) is 19.9 Å². The zero-order valence-corrected chi connectivity index (χ0v) is 13.3. The van der Waals surface area contributed by atoms with Gasteiger partial charge >= 0.3 is 0 Å². The van der Waals surface area contributed by atoms with E-state index in [-0.39, 0.29) is 11.9 Å². The van der Waals surface area contributed by atoms with Crippen molar-refractivity contribution in [3.63, 3.8) is 0 Å². The maximum atomic E-state index is 12.2. The summed E-state index contributed by atoms with van der Waals surface area (Å²) < 4.78 is 0. The number of pyridine rings is 1. The standard InChI is InChI=1S/C18H17N5O/c1-23-11-8-15(18(23)24)21-17-13-4-2-3-5-14(13)20-16(22-17)12-6-9-19-10-7-12/h2-7,9-10,15H,8,11H2,1H3,(H,20,21,22). The Labute approximate surface area is 139 Å². The van der Waals surface area contributed by atoms with Crippen molar-refractivity contribution >= 4 is 22.6 Å². The lowest BCUT2D eigenvalue weighted by Gasteiger charge is -2.15. The van der Waals surface area contributed by atoms with Crippen LogP contribution in [0.3, 0.4) is 0 Å². The number of aromatic nitrogens is 3. The highest BCUT2D eigenvalue weighted by Crippen LogP contribution is 2.26. The van der Waals surface area contributed by atoms with Crippen molar-refractivity contribution in [2.75, 3.05) is 18.9 Å². The first-order valence-corrected chi connectivity index (χ1v) is 7.91. The van der Waals surface area contributed by atoms with Crippen LogP contribution in [0.4, 0.5) is 5.82 Å². The van der Waals surface area contributed by atoms with Crippen molar-refractivity contribution < 1.29 is 4.79 Å². The summed E-state index contributed by atoms with van der Waals surface area (Å²) in [6.45, 7) is 0.761. The SMILES string of the molecule is CN1CCC(Nc2nc(-c3ccncc3)nc3ccccc23)C1=O. The minimum Gasteiger partial charge on any atom is -0.358 e. The maximum Gasteiger partial charge on any atom is 0.244 e. The van der Waals surface area contributed by atoms with Gasteiger partial charge in [0.15, 0.2) is 5.82 Å². The molecule has 0 bridgehead atoms. The van der Waals surface area contributed by atoms with Crippen molar-refractivity contribution in [2.24, 2.45) is 0 Å². The third-order valence-corrected chi connectivity index (χ3v) is 4.28. The number of likely N-dealkylation sites (tertiary alicyclic amines) is 1. The first-order chi connectivity index (χ1) is 11.7. The fraction of sp³-hybridized carbons (Fsp3) is 0.222. The van der Waals surface area contributed by atoms with Crippen LogP contribution < -0.4 is 5.32 Å².